The maximum absolute atomic E-state index is 11.5. The summed E-state index contributed by atoms with van der Waals surface area (Å²) in [5.41, 5.74) is 1.91. The molecule has 0 saturated heterocycles. The Labute approximate surface area is 219 Å². The highest BCUT2D eigenvalue weighted by atomic mass is 16.6. The van der Waals surface area contributed by atoms with Crippen LogP contribution in [0.1, 0.15) is 11.1 Å². The molecule has 0 bridgehead atoms. The number of methoxy groups -OCH3 is 1. The molecule has 1 N–H and O–H groups in total. The Morgan fingerprint density at radius 2 is 1.05 bits per heavy atom. The lowest BCUT2D eigenvalue weighted by molar-refractivity contribution is -0.273. The Hall–Kier alpha value is -2.78. The van der Waals surface area contributed by atoms with E-state index in [1.165, 1.54) is 0 Å². The predicted molar refractivity (Wildman–Crippen MR) is 142 cm³/mol. The molecule has 7 heteroatoms. The summed E-state index contributed by atoms with van der Waals surface area (Å²) in [5.74, 6) is 0.753. The van der Waals surface area contributed by atoms with Crippen LogP contribution in [0.5, 0.6) is 5.75 Å². The second-order valence-electron chi connectivity index (χ2n) is 8.64. The minimum atomic E-state index is -1.06. The van der Waals surface area contributed by atoms with Crippen molar-refractivity contribution >= 4 is 0 Å². The molecule has 2 aromatic carbocycles. The van der Waals surface area contributed by atoms with Crippen molar-refractivity contribution in [3.8, 4) is 5.75 Å². The first-order valence-corrected chi connectivity index (χ1v) is 12.4. The van der Waals surface area contributed by atoms with Crippen molar-refractivity contribution in [3.63, 3.8) is 0 Å². The summed E-state index contributed by atoms with van der Waals surface area (Å²) in [5, 5.41) is 11.5. The normalized spacial score (nSPS) is 25.4. The predicted octanol–water partition coefficient (Wildman–Crippen LogP) is 4.25. The maximum Gasteiger partial charge on any atom is 0.118 e. The van der Waals surface area contributed by atoms with Gasteiger partial charge < -0.3 is 33.5 Å². The number of rotatable bonds is 16. The third-order valence-corrected chi connectivity index (χ3v) is 6.07. The lowest BCUT2D eigenvalue weighted by Gasteiger charge is -2.48. The quantitative estimate of drug-likeness (QED) is 0.338. The van der Waals surface area contributed by atoms with Gasteiger partial charge in [-0.3, -0.25) is 0 Å². The monoisotopic (exact) mass is 510 g/mol. The molecule has 0 unspecified atom stereocenters. The molecule has 1 saturated carbocycles. The van der Waals surface area contributed by atoms with E-state index in [4.69, 9.17) is 28.4 Å². The Morgan fingerprint density at radius 3 is 1.59 bits per heavy atom. The molecule has 200 valence electrons. The van der Waals surface area contributed by atoms with Crippen LogP contribution in [0.2, 0.25) is 0 Å². The SMILES string of the molecule is C=CCO[C@@H]1[C@@H](OCc2ccccc2)[C@H](OCc2ccc(OC)cc2)[C@H](O)[C@H](OCC=C)[C@H]1OCC=C. The molecule has 0 aromatic heterocycles. The smallest absolute Gasteiger partial charge is 0.118 e. The van der Waals surface area contributed by atoms with Crippen LogP contribution in [0.3, 0.4) is 0 Å². The van der Waals surface area contributed by atoms with Crippen molar-refractivity contribution in [2.24, 2.45) is 0 Å². The molecule has 1 aliphatic rings. The topological polar surface area (TPSA) is 75.6 Å². The minimum absolute atomic E-state index is 0.227. The van der Waals surface area contributed by atoms with Gasteiger partial charge in [0, 0.05) is 0 Å². The molecule has 0 amide bonds. The number of aliphatic hydroxyl groups excluding tert-OH is 1. The lowest BCUT2D eigenvalue weighted by atomic mass is 9.83. The Kier molecular flexibility index (Phi) is 12.0. The van der Waals surface area contributed by atoms with Crippen LogP contribution in [0, 0.1) is 0 Å². The summed E-state index contributed by atoms with van der Waals surface area (Å²) in [4.78, 5) is 0. The zero-order chi connectivity index (χ0) is 26.5. The molecule has 7 nitrogen and oxygen atoms in total. The second kappa shape index (κ2) is 15.5. The van der Waals surface area contributed by atoms with Crippen molar-refractivity contribution in [3.05, 3.63) is 104 Å². The van der Waals surface area contributed by atoms with Gasteiger partial charge in [0.1, 0.15) is 42.4 Å². The fraction of sp³-hybridized carbons (Fsp3) is 0.400. The molecule has 0 aliphatic heterocycles. The standard InChI is InChI=1S/C30H38O7/c1-5-17-33-26-25(31)27(36-21-23-13-15-24(32-4)16-14-23)29(37-20-22-11-9-8-10-12-22)30(35-19-7-3)28(26)34-18-6-2/h5-16,25-31H,1-3,17-21H2,4H3/t25-,26+,27-,28-,29+,30+/m1/s1. The summed E-state index contributed by atoms with van der Waals surface area (Å²) in [7, 11) is 1.62. The van der Waals surface area contributed by atoms with Gasteiger partial charge in [-0.05, 0) is 23.3 Å². The van der Waals surface area contributed by atoms with Crippen LogP contribution in [-0.2, 0) is 36.9 Å². The van der Waals surface area contributed by atoms with Gasteiger partial charge in [-0.15, -0.1) is 19.7 Å². The van der Waals surface area contributed by atoms with E-state index in [0.29, 0.717) is 6.61 Å². The molecular weight excluding hydrogens is 472 g/mol. The van der Waals surface area contributed by atoms with Crippen LogP contribution in [0.15, 0.2) is 92.6 Å². The number of benzene rings is 2. The largest absolute Gasteiger partial charge is 0.497 e. The average molecular weight is 511 g/mol. The van der Waals surface area contributed by atoms with Gasteiger partial charge in [0.15, 0.2) is 0 Å². The molecule has 6 atom stereocenters. The van der Waals surface area contributed by atoms with Gasteiger partial charge in [0.05, 0.1) is 40.1 Å². The maximum atomic E-state index is 11.5. The Morgan fingerprint density at radius 1 is 0.622 bits per heavy atom. The van der Waals surface area contributed by atoms with E-state index in [0.717, 1.165) is 16.9 Å². The first-order valence-electron chi connectivity index (χ1n) is 12.4. The van der Waals surface area contributed by atoms with Crippen LogP contribution in [-0.4, -0.2) is 68.7 Å². The fourth-order valence-corrected chi connectivity index (χ4v) is 4.31. The van der Waals surface area contributed by atoms with E-state index in [1.54, 1.807) is 25.3 Å². The van der Waals surface area contributed by atoms with E-state index in [-0.39, 0.29) is 26.4 Å². The van der Waals surface area contributed by atoms with E-state index in [1.807, 2.05) is 54.6 Å². The zero-order valence-electron chi connectivity index (χ0n) is 21.4. The van der Waals surface area contributed by atoms with E-state index >= 15 is 0 Å². The molecular formula is C30H38O7. The molecule has 1 fully saturated rings. The summed E-state index contributed by atoms with van der Waals surface area (Å²) in [6.07, 6.45) is 0.454. The lowest BCUT2D eigenvalue weighted by Crippen LogP contribution is -2.67. The van der Waals surface area contributed by atoms with Crippen LogP contribution >= 0.6 is 0 Å². The highest BCUT2D eigenvalue weighted by Crippen LogP contribution is 2.33. The molecule has 0 spiro atoms. The van der Waals surface area contributed by atoms with Crippen LogP contribution in [0.25, 0.3) is 0 Å². The fourth-order valence-electron chi connectivity index (χ4n) is 4.31. The van der Waals surface area contributed by atoms with Gasteiger partial charge in [-0.2, -0.15) is 0 Å². The molecule has 37 heavy (non-hydrogen) atoms. The summed E-state index contributed by atoms with van der Waals surface area (Å²) in [6, 6.07) is 17.4. The van der Waals surface area contributed by atoms with E-state index in [2.05, 4.69) is 19.7 Å². The summed E-state index contributed by atoms with van der Waals surface area (Å²) in [6.45, 7) is 12.6. The molecule has 0 heterocycles. The highest BCUT2D eigenvalue weighted by molar-refractivity contribution is 5.26. The molecule has 2 aromatic rings. The Balaban J connectivity index is 1.91. The number of hydrogen-bond donors (Lipinski definition) is 1. The molecule has 3 rings (SSSR count). The summed E-state index contributed by atoms with van der Waals surface area (Å²) >= 11 is 0. The minimum Gasteiger partial charge on any atom is -0.497 e. The van der Waals surface area contributed by atoms with Gasteiger partial charge in [-0.25, -0.2) is 0 Å². The van der Waals surface area contributed by atoms with Gasteiger partial charge >= 0.3 is 0 Å². The van der Waals surface area contributed by atoms with E-state index < -0.39 is 36.6 Å². The van der Waals surface area contributed by atoms with Crippen molar-refractivity contribution in [2.75, 3.05) is 26.9 Å². The van der Waals surface area contributed by atoms with Gasteiger partial charge in [-0.1, -0.05) is 60.7 Å². The third kappa shape index (κ3) is 8.10. The second-order valence-corrected chi connectivity index (χ2v) is 8.64. The first kappa shape index (κ1) is 28.8. The highest BCUT2D eigenvalue weighted by Gasteiger charge is 2.53. The number of ether oxygens (including phenoxy) is 6. The number of aliphatic hydroxyl groups is 1. The first-order chi connectivity index (χ1) is 18.1. The van der Waals surface area contributed by atoms with Gasteiger partial charge in [0.25, 0.3) is 0 Å². The Bertz CT molecular complexity index is 946. The summed E-state index contributed by atoms with van der Waals surface area (Å²) < 4.78 is 36.3. The molecule has 1 aliphatic carbocycles. The third-order valence-electron chi connectivity index (χ3n) is 6.07. The molecule has 0 radical (unpaired) electrons. The van der Waals surface area contributed by atoms with Gasteiger partial charge in [0.2, 0.25) is 0 Å². The van der Waals surface area contributed by atoms with E-state index in [9.17, 15) is 5.11 Å². The van der Waals surface area contributed by atoms with Crippen molar-refractivity contribution in [1.82, 2.24) is 0 Å². The van der Waals surface area contributed by atoms with Crippen LogP contribution < -0.4 is 4.74 Å². The number of hydrogen-bond acceptors (Lipinski definition) is 7. The zero-order valence-corrected chi connectivity index (χ0v) is 21.4. The van der Waals surface area contributed by atoms with Crippen molar-refractivity contribution in [1.29, 1.82) is 0 Å². The van der Waals surface area contributed by atoms with Crippen molar-refractivity contribution < 1.29 is 33.5 Å². The van der Waals surface area contributed by atoms with Crippen molar-refractivity contribution in [2.45, 2.75) is 49.8 Å². The van der Waals surface area contributed by atoms with Crippen LogP contribution in [0.4, 0.5) is 0 Å². The average Bonchev–Trinajstić information content (AvgIpc) is 2.94.